The normalized spacial score (nSPS) is 16.8. The summed E-state index contributed by atoms with van der Waals surface area (Å²) in [7, 11) is 0. The van der Waals surface area contributed by atoms with Gasteiger partial charge in [0.1, 0.15) is 4.83 Å². The van der Waals surface area contributed by atoms with Gasteiger partial charge < -0.3 is 0 Å². The molecule has 0 saturated heterocycles. The molecule has 4 rings (SSSR count). The van der Waals surface area contributed by atoms with Gasteiger partial charge in [0.2, 0.25) is 0 Å². The lowest BCUT2D eigenvalue weighted by atomic mass is 9.89. The Morgan fingerprint density at radius 2 is 2.12 bits per heavy atom. The van der Waals surface area contributed by atoms with Gasteiger partial charge in [-0.05, 0) is 36.3 Å². The predicted molar refractivity (Wildman–Crippen MR) is 97.3 cm³/mol. The van der Waals surface area contributed by atoms with E-state index in [1.165, 1.54) is 22.6 Å². The van der Waals surface area contributed by atoms with Crippen molar-refractivity contribution in [2.45, 2.75) is 32.7 Å². The molecule has 0 unspecified atom stereocenters. The molecule has 2 aromatic heterocycles. The van der Waals surface area contributed by atoms with Crippen molar-refractivity contribution in [3.63, 3.8) is 0 Å². The van der Waals surface area contributed by atoms with Crippen molar-refractivity contribution in [2.75, 3.05) is 0 Å². The molecule has 0 radical (unpaired) electrons. The fourth-order valence-corrected chi connectivity index (χ4v) is 4.74. The van der Waals surface area contributed by atoms with Crippen LogP contribution < -0.4 is 5.56 Å². The van der Waals surface area contributed by atoms with Crippen molar-refractivity contribution in [3.05, 3.63) is 67.1 Å². The molecule has 6 nitrogen and oxygen atoms in total. The fourth-order valence-electron chi connectivity index (χ4n) is 3.40. The number of aromatic nitrogens is 2. The minimum Gasteiger partial charge on any atom is -0.294 e. The Balaban J connectivity index is 1.72. The molecule has 25 heavy (non-hydrogen) atoms. The summed E-state index contributed by atoms with van der Waals surface area (Å²) in [5.41, 5.74) is 2.04. The van der Waals surface area contributed by atoms with E-state index in [2.05, 4.69) is 11.9 Å². The number of benzene rings is 1. The molecule has 0 aliphatic heterocycles. The van der Waals surface area contributed by atoms with Crippen molar-refractivity contribution in [3.8, 4) is 0 Å². The van der Waals surface area contributed by atoms with Gasteiger partial charge in [-0.1, -0.05) is 19.1 Å². The molecule has 2 heterocycles. The van der Waals surface area contributed by atoms with Crippen LogP contribution in [0.4, 0.5) is 5.69 Å². The summed E-state index contributed by atoms with van der Waals surface area (Å²) in [5, 5.41) is 11.5. The third-order valence-corrected chi connectivity index (χ3v) is 5.94. The lowest BCUT2D eigenvalue weighted by molar-refractivity contribution is -0.384. The van der Waals surface area contributed by atoms with Crippen LogP contribution >= 0.6 is 11.3 Å². The largest absolute Gasteiger partial charge is 0.294 e. The highest BCUT2D eigenvalue weighted by molar-refractivity contribution is 7.18. The van der Waals surface area contributed by atoms with Crippen molar-refractivity contribution in [1.82, 2.24) is 9.55 Å². The Hall–Kier alpha value is -2.54. The molecule has 0 N–H and O–H groups in total. The predicted octanol–water partition coefficient (Wildman–Crippen LogP) is 3.54. The Morgan fingerprint density at radius 1 is 1.36 bits per heavy atom. The first-order chi connectivity index (χ1) is 12.0. The number of rotatable bonds is 3. The highest BCUT2D eigenvalue weighted by atomic mass is 32.1. The van der Waals surface area contributed by atoms with Crippen molar-refractivity contribution in [2.24, 2.45) is 5.92 Å². The minimum absolute atomic E-state index is 0.0181. The van der Waals surface area contributed by atoms with Gasteiger partial charge in [-0.3, -0.25) is 19.5 Å². The Bertz CT molecular complexity index is 1020. The molecular weight excluding hydrogens is 338 g/mol. The maximum absolute atomic E-state index is 12.9. The van der Waals surface area contributed by atoms with Crippen molar-refractivity contribution in [1.29, 1.82) is 0 Å². The van der Waals surface area contributed by atoms with Gasteiger partial charge in [0.25, 0.3) is 11.2 Å². The van der Waals surface area contributed by atoms with Crippen LogP contribution in [0.5, 0.6) is 0 Å². The average Bonchev–Trinajstić information content (AvgIpc) is 2.96. The highest BCUT2D eigenvalue weighted by Crippen LogP contribution is 2.35. The lowest BCUT2D eigenvalue weighted by Crippen LogP contribution is -2.22. The first-order valence-electron chi connectivity index (χ1n) is 8.26. The second-order valence-corrected chi connectivity index (χ2v) is 7.72. The molecule has 0 saturated carbocycles. The van der Waals surface area contributed by atoms with Gasteiger partial charge in [0.15, 0.2) is 0 Å². The molecule has 128 valence electrons. The van der Waals surface area contributed by atoms with Crippen LogP contribution in [0.15, 0.2) is 35.4 Å². The van der Waals surface area contributed by atoms with E-state index in [1.54, 1.807) is 34.4 Å². The van der Waals surface area contributed by atoms with Crippen LogP contribution in [0.3, 0.4) is 0 Å². The van der Waals surface area contributed by atoms with Gasteiger partial charge in [0, 0.05) is 17.0 Å². The molecule has 1 aliphatic carbocycles. The van der Waals surface area contributed by atoms with Gasteiger partial charge >= 0.3 is 0 Å². The Labute approximate surface area is 147 Å². The number of thiophene rings is 1. The number of non-ortho nitro benzene ring substituents is 1. The Kier molecular flexibility index (Phi) is 3.88. The molecular formula is C18H17N3O3S. The minimum atomic E-state index is -0.428. The summed E-state index contributed by atoms with van der Waals surface area (Å²) in [5.74, 6) is 0.655. The standard InChI is InChI=1S/C18H17N3O3S/c1-11-2-7-14-15(8-11)25-17-16(14)18(22)20(10-19-17)9-12-3-5-13(6-4-12)21(23)24/h3-6,10-11H,2,7-9H2,1H3/t11-/m0/s1. The van der Waals surface area contributed by atoms with E-state index in [4.69, 9.17) is 0 Å². The zero-order valence-electron chi connectivity index (χ0n) is 13.8. The smallest absolute Gasteiger partial charge is 0.269 e. The van der Waals surface area contributed by atoms with Gasteiger partial charge in [0.05, 0.1) is 23.2 Å². The summed E-state index contributed by atoms with van der Waals surface area (Å²) >= 11 is 1.64. The van der Waals surface area contributed by atoms with E-state index >= 15 is 0 Å². The number of nitrogens with zero attached hydrogens (tertiary/aromatic N) is 3. The van der Waals surface area contributed by atoms with Crippen LogP contribution in [-0.2, 0) is 19.4 Å². The lowest BCUT2D eigenvalue weighted by Gasteiger charge is -2.17. The quantitative estimate of drug-likeness (QED) is 0.532. The fraction of sp³-hybridized carbons (Fsp3) is 0.333. The molecule has 1 aromatic carbocycles. The molecule has 0 fully saturated rings. The van der Waals surface area contributed by atoms with Crippen molar-refractivity contribution >= 4 is 27.2 Å². The van der Waals surface area contributed by atoms with E-state index in [9.17, 15) is 14.9 Å². The molecule has 1 atom stereocenters. The molecule has 1 aliphatic rings. The van der Waals surface area contributed by atoms with E-state index in [0.29, 0.717) is 12.5 Å². The number of nitro benzene ring substituents is 1. The second-order valence-electron chi connectivity index (χ2n) is 6.63. The van der Waals surface area contributed by atoms with Crippen LogP contribution in [0.25, 0.3) is 10.2 Å². The summed E-state index contributed by atoms with van der Waals surface area (Å²) < 4.78 is 1.59. The maximum atomic E-state index is 12.9. The van der Waals surface area contributed by atoms with Crippen molar-refractivity contribution < 1.29 is 4.92 Å². The summed E-state index contributed by atoms with van der Waals surface area (Å²) in [6, 6.07) is 6.28. The monoisotopic (exact) mass is 355 g/mol. The van der Waals surface area contributed by atoms with Gasteiger partial charge in [-0.15, -0.1) is 11.3 Å². The van der Waals surface area contributed by atoms with E-state index < -0.39 is 4.92 Å². The highest BCUT2D eigenvalue weighted by Gasteiger charge is 2.23. The summed E-state index contributed by atoms with van der Waals surface area (Å²) in [6.07, 6.45) is 4.65. The number of fused-ring (bicyclic) bond motifs is 3. The zero-order chi connectivity index (χ0) is 17.6. The van der Waals surface area contributed by atoms with Crippen LogP contribution in [-0.4, -0.2) is 14.5 Å². The third kappa shape index (κ3) is 2.84. The van der Waals surface area contributed by atoms with Gasteiger partial charge in [-0.2, -0.15) is 0 Å². The Morgan fingerprint density at radius 3 is 2.84 bits per heavy atom. The zero-order valence-corrected chi connectivity index (χ0v) is 14.6. The molecule has 0 amide bonds. The summed E-state index contributed by atoms with van der Waals surface area (Å²) in [6.45, 7) is 2.61. The number of hydrogen-bond donors (Lipinski definition) is 0. The molecule has 3 aromatic rings. The number of aryl methyl sites for hydroxylation is 1. The molecule has 0 bridgehead atoms. The average molecular weight is 355 g/mol. The van der Waals surface area contributed by atoms with Crippen LogP contribution in [0.2, 0.25) is 0 Å². The third-order valence-electron chi connectivity index (χ3n) is 4.78. The first-order valence-corrected chi connectivity index (χ1v) is 9.07. The molecule has 7 heteroatoms. The topological polar surface area (TPSA) is 78.0 Å². The summed E-state index contributed by atoms with van der Waals surface area (Å²) in [4.78, 5) is 29.9. The SMILES string of the molecule is C[C@H]1CCc2c(sc3ncn(Cc4ccc([N+](=O)[O-])cc4)c(=O)c23)C1. The maximum Gasteiger partial charge on any atom is 0.269 e. The van der Waals surface area contributed by atoms with Gasteiger partial charge in [-0.25, -0.2) is 4.98 Å². The number of nitro groups is 1. The second kappa shape index (κ2) is 6.07. The van der Waals surface area contributed by atoms with Crippen LogP contribution in [0.1, 0.15) is 29.3 Å². The van der Waals surface area contributed by atoms with Crippen LogP contribution in [0, 0.1) is 16.0 Å². The first kappa shape index (κ1) is 16.0. The molecule has 0 spiro atoms. The van der Waals surface area contributed by atoms with E-state index in [1.807, 2.05) is 0 Å². The number of hydrogen-bond acceptors (Lipinski definition) is 5. The van der Waals surface area contributed by atoms with E-state index in [-0.39, 0.29) is 11.2 Å². The van der Waals surface area contributed by atoms with E-state index in [0.717, 1.165) is 35.0 Å².